The molecule has 2 heteroatoms. The molecular formula is C13H21NO. The smallest absolute Gasteiger partial charge is 0.119 e. The van der Waals surface area contributed by atoms with E-state index < -0.39 is 0 Å². The Morgan fingerprint density at radius 3 is 2.60 bits per heavy atom. The molecule has 0 radical (unpaired) electrons. The third-order valence-electron chi connectivity index (χ3n) is 2.80. The molecule has 84 valence electrons. The summed E-state index contributed by atoms with van der Waals surface area (Å²) in [5, 5.41) is 0. The minimum absolute atomic E-state index is 0.532. The Kier molecular flexibility index (Phi) is 4.63. The quantitative estimate of drug-likeness (QED) is 0.805. The average Bonchev–Trinajstić information content (AvgIpc) is 2.25. The second-order valence-corrected chi connectivity index (χ2v) is 4.20. The van der Waals surface area contributed by atoms with Gasteiger partial charge in [-0.15, -0.1) is 0 Å². The van der Waals surface area contributed by atoms with Crippen molar-refractivity contribution in [1.29, 1.82) is 0 Å². The summed E-state index contributed by atoms with van der Waals surface area (Å²) in [5.74, 6) is 2.07. The summed E-state index contributed by atoms with van der Waals surface area (Å²) in [4.78, 5) is 0. The van der Waals surface area contributed by atoms with Gasteiger partial charge in [0.15, 0.2) is 0 Å². The molecule has 15 heavy (non-hydrogen) atoms. The van der Waals surface area contributed by atoms with E-state index in [1.807, 2.05) is 12.1 Å². The third-order valence-corrected chi connectivity index (χ3v) is 2.80. The van der Waals surface area contributed by atoms with Crippen LogP contribution in [0.2, 0.25) is 0 Å². The second-order valence-electron chi connectivity index (χ2n) is 4.20. The Hall–Kier alpha value is -1.02. The van der Waals surface area contributed by atoms with E-state index in [4.69, 9.17) is 10.5 Å². The highest BCUT2D eigenvalue weighted by molar-refractivity contribution is 5.31. The topological polar surface area (TPSA) is 35.2 Å². The Labute approximate surface area is 92.4 Å². The molecule has 0 aliphatic rings. The van der Waals surface area contributed by atoms with Gasteiger partial charge in [0, 0.05) is 0 Å². The zero-order chi connectivity index (χ0) is 11.3. The Morgan fingerprint density at radius 1 is 1.33 bits per heavy atom. The van der Waals surface area contributed by atoms with E-state index in [0.29, 0.717) is 11.8 Å². The molecular weight excluding hydrogens is 186 g/mol. The number of ether oxygens (including phenoxy) is 1. The van der Waals surface area contributed by atoms with Gasteiger partial charge in [-0.05, 0) is 42.5 Å². The molecule has 0 saturated carbocycles. The van der Waals surface area contributed by atoms with Crippen molar-refractivity contribution in [3.8, 4) is 5.75 Å². The van der Waals surface area contributed by atoms with E-state index in [2.05, 4.69) is 26.0 Å². The van der Waals surface area contributed by atoms with E-state index in [1.165, 1.54) is 5.56 Å². The molecule has 0 aromatic heterocycles. The maximum atomic E-state index is 5.64. The maximum Gasteiger partial charge on any atom is 0.119 e. The number of hydrogen-bond acceptors (Lipinski definition) is 2. The first-order valence-corrected chi connectivity index (χ1v) is 5.53. The van der Waals surface area contributed by atoms with Crippen LogP contribution >= 0.6 is 0 Å². The Balaban J connectivity index is 2.89. The SMILES string of the molecule is COc1cccc(C(CCN)C(C)C)c1. The fourth-order valence-electron chi connectivity index (χ4n) is 1.94. The average molecular weight is 207 g/mol. The molecule has 1 aromatic rings. The molecule has 0 amide bonds. The lowest BCUT2D eigenvalue weighted by Gasteiger charge is -2.21. The Bertz CT molecular complexity index is 296. The summed E-state index contributed by atoms with van der Waals surface area (Å²) in [6.45, 7) is 5.21. The molecule has 1 atom stereocenters. The van der Waals surface area contributed by atoms with Crippen molar-refractivity contribution in [3.63, 3.8) is 0 Å². The summed E-state index contributed by atoms with van der Waals surface area (Å²) < 4.78 is 5.23. The molecule has 0 bridgehead atoms. The predicted octanol–water partition coefficient (Wildman–Crippen LogP) is 2.78. The van der Waals surface area contributed by atoms with Crippen molar-refractivity contribution in [2.24, 2.45) is 11.7 Å². The van der Waals surface area contributed by atoms with E-state index in [9.17, 15) is 0 Å². The van der Waals surface area contributed by atoms with Crippen LogP contribution in [-0.4, -0.2) is 13.7 Å². The standard InChI is InChI=1S/C13H21NO/c1-10(2)13(7-8-14)11-5-4-6-12(9-11)15-3/h4-6,9-10,13H,7-8,14H2,1-3H3. The largest absolute Gasteiger partial charge is 0.497 e. The van der Waals surface area contributed by atoms with Gasteiger partial charge < -0.3 is 10.5 Å². The van der Waals surface area contributed by atoms with Crippen LogP contribution in [0, 0.1) is 5.92 Å². The molecule has 0 aliphatic heterocycles. The van der Waals surface area contributed by atoms with Crippen LogP contribution in [0.25, 0.3) is 0 Å². The summed E-state index contributed by atoms with van der Waals surface area (Å²) in [5.41, 5.74) is 6.97. The summed E-state index contributed by atoms with van der Waals surface area (Å²) in [6.07, 6.45) is 1.03. The van der Waals surface area contributed by atoms with Gasteiger partial charge in [-0.2, -0.15) is 0 Å². The van der Waals surface area contributed by atoms with Gasteiger partial charge in [0.05, 0.1) is 7.11 Å². The molecule has 2 N–H and O–H groups in total. The van der Waals surface area contributed by atoms with Crippen molar-refractivity contribution in [2.45, 2.75) is 26.2 Å². The van der Waals surface area contributed by atoms with Crippen molar-refractivity contribution in [2.75, 3.05) is 13.7 Å². The van der Waals surface area contributed by atoms with Gasteiger partial charge >= 0.3 is 0 Å². The van der Waals surface area contributed by atoms with Crippen LogP contribution < -0.4 is 10.5 Å². The molecule has 0 aliphatic carbocycles. The lowest BCUT2D eigenvalue weighted by molar-refractivity contribution is 0.411. The molecule has 1 rings (SSSR count). The van der Waals surface area contributed by atoms with E-state index in [1.54, 1.807) is 7.11 Å². The summed E-state index contributed by atoms with van der Waals surface area (Å²) in [7, 11) is 1.70. The highest BCUT2D eigenvalue weighted by atomic mass is 16.5. The van der Waals surface area contributed by atoms with Gasteiger partial charge in [0.25, 0.3) is 0 Å². The van der Waals surface area contributed by atoms with Crippen molar-refractivity contribution in [1.82, 2.24) is 0 Å². The monoisotopic (exact) mass is 207 g/mol. The zero-order valence-electron chi connectivity index (χ0n) is 9.86. The number of nitrogens with two attached hydrogens (primary N) is 1. The van der Waals surface area contributed by atoms with Gasteiger partial charge in [-0.25, -0.2) is 0 Å². The lowest BCUT2D eigenvalue weighted by Crippen LogP contribution is -2.12. The first-order valence-electron chi connectivity index (χ1n) is 5.53. The number of methoxy groups -OCH3 is 1. The second kappa shape index (κ2) is 5.76. The molecule has 0 saturated heterocycles. The minimum atomic E-state index is 0.532. The van der Waals surface area contributed by atoms with Gasteiger partial charge in [0.2, 0.25) is 0 Å². The van der Waals surface area contributed by atoms with Crippen molar-refractivity contribution < 1.29 is 4.74 Å². The number of hydrogen-bond donors (Lipinski definition) is 1. The molecule has 0 spiro atoms. The maximum absolute atomic E-state index is 5.64. The Morgan fingerprint density at radius 2 is 2.07 bits per heavy atom. The fraction of sp³-hybridized carbons (Fsp3) is 0.538. The van der Waals surface area contributed by atoms with Crippen LogP contribution in [0.3, 0.4) is 0 Å². The van der Waals surface area contributed by atoms with Crippen LogP contribution in [0.5, 0.6) is 5.75 Å². The van der Waals surface area contributed by atoms with Crippen LogP contribution in [0.15, 0.2) is 24.3 Å². The van der Waals surface area contributed by atoms with Crippen LogP contribution in [0.4, 0.5) is 0 Å². The van der Waals surface area contributed by atoms with E-state index in [0.717, 1.165) is 18.7 Å². The minimum Gasteiger partial charge on any atom is -0.497 e. The van der Waals surface area contributed by atoms with Crippen molar-refractivity contribution in [3.05, 3.63) is 29.8 Å². The van der Waals surface area contributed by atoms with Gasteiger partial charge in [0.1, 0.15) is 5.75 Å². The third kappa shape index (κ3) is 3.24. The highest BCUT2D eigenvalue weighted by Gasteiger charge is 2.15. The van der Waals surface area contributed by atoms with Crippen LogP contribution in [-0.2, 0) is 0 Å². The number of rotatable bonds is 5. The van der Waals surface area contributed by atoms with Crippen LogP contribution in [0.1, 0.15) is 31.7 Å². The fourth-order valence-corrected chi connectivity index (χ4v) is 1.94. The summed E-state index contributed by atoms with van der Waals surface area (Å²) >= 11 is 0. The van der Waals surface area contributed by atoms with Crippen molar-refractivity contribution >= 4 is 0 Å². The van der Waals surface area contributed by atoms with E-state index in [-0.39, 0.29) is 0 Å². The highest BCUT2D eigenvalue weighted by Crippen LogP contribution is 2.29. The number of benzene rings is 1. The first kappa shape index (κ1) is 12.1. The molecule has 0 heterocycles. The van der Waals surface area contributed by atoms with E-state index >= 15 is 0 Å². The molecule has 2 nitrogen and oxygen atoms in total. The molecule has 1 aromatic carbocycles. The van der Waals surface area contributed by atoms with Gasteiger partial charge in [-0.3, -0.25) is 0 Å². The molecule has 1 unspecified atom stereocenters. The predicted molar refractivity (Wildman–Crippen MR) is 64.2 cm³/mol. The molecule has 0 fully saturated rings. The first-order chi connectivity index (χ1) is 7.19. The summed E-state index contributed by atoms with van der Waals surface area (Å²) in [6, 6.07) is 8.28. The lowest BCUT2D eigenvalue weighted by atomic mass is 9.86. The zero-order valence-corrected chi connectivity index (χ0v) is 9.86. The van der Waals surface area contributed by atoms with Gasteiger partial charge in [-0.1, -0.05) is 26.0 Å². The normalized spacial score (nSPS) is 12.9.